The Labute approximate surface area is 125 Å². The van der Waals surface area contributed by atoms with Crippen LogP contribution in [0.4, 0.5) is 0 Å². The summed E-state index contributed by atoms with van der Waals surface area (Å²) in [6.45, 7) is 1.07. The lowest BCUT2D eigenvalue weighted by atomic mass is 10.2. The molecule has 7 heteroatoms. The molecule has 0 saturated heterocycles. The second kappa shape index (κ2) is 6.10. The Kier molecular flexibility index (Phi) is 4.71. The number of ketones is 1. The minimum absolute atomic E-state index is 0.0359. The molecule has 0 atom stereocenters. The first-order chi connectivity index (χ1) is 8.63. The molecule has 0 spiro atoms. The molecule has 0 fully saturated rings. The molecule has 18 heavy (non-hydrogen) atoms. The molecule has 2 aromatic heterocycles. The standard InChI is InChI=1S/C11H10Br2N2O2S/c1-17-5-4-15-10(7(12)6-14-15)11(16)8-2-3-9(13)18-8/h2-3,6H,4-5H2,1H3. The molecule has 0 unspecified atom stereocenters. The molecule has 0 N–H and O–H groups in total. The van der Waals surface area contributed by atoms with E-state index in [-0.39, 0.29) is 5.78 Å². The zero-order valence-corrected chi connectivity index (χ0v) is 13.5. The summed E-state index contributed by atoms with van der Waals surface area (Å²) in [5.74, 6) is -0.0359. The largest absolute Gasteiger partial charge is 0.383 e. The highest BCUT2D eigenvalue weighted by Crippen LogP contribution is 2.27. The Hall–Kier alpha value is -0.500. The van der Waals surface area contributed by atoms with Gasteiger partial charge in [-0.25, -0.2) is 0 Å². The number of hydrogen-bond acceptors (Lipinski definition) is 4. The van der Waals surface area contributed by atoms with E-state index in [4.69, 9.17) is 4.74 Å². The number of nitrogens with zero attached hydrogens (tertiary/aromatic N) is 2. The highest BCUT2D eigenvalue weighted by Gasteiger charge is 2.20. The van der Waals surface area contributed by atoms with Crippen LogP contribution in [0, 0.1) is 0 Å². The van der Waals surface area contributed by atoms with E-state index in [0.717, 1.165) is 3.79 Å². The maximum absolute atomic E-state index is 12.4. The molecule has 0 bridgehead atoms. The van der Waals surface area contributed by atoms with Gasteiger partial charge in [-0.3, -0.25) is 9.48 Å². The van der Waals surface area contributed by atoms with Crippen LogP contribution in [-0.2, 0) is 11.3 Å². The van der Waals surface area contributed by atoms with Gasteiger partial charge in [0, 0.05) is 7.11 Å². The van der Waals surface area contributed by atoms with E-state index in [2.05, 4.69) is 37.0 Å². The second-order valence-corrected chi connectivity index (χ2v) is 6.81. The normalized spacial score (nSPS) is 10.8. The number of rotatable bonds is 5. The van der Waals surface area contributed by atoms with Crippen LogP contribution in [0.25, 0.3) is 0 Å². The van der Waals surface area contributed by atoms with Gasteiger partial charge in [0.15, 0.2) is 0 Å². The molecule has 0 aliphatic heterocycles. The first-order valence-corrected chi connectivity index (χ1v) is 7.54. The molecular formula is C11H10Br2N2O2S. The first kappa shape index (κ1) is 13.9. The van der Waals surface area contributed by atoms with Gasteiger partial charge in [0.2, 0.25) is 5.78 Å². The zero-order chi connectivity index (χ0) is 13.1. The van der Waals surface area contributed by atoms with Crippen LogP contribution in [0.5, 0.6) is 0 Å². The smallest absolute Gasteiger partial charge is 0.222 e. The lowest BCUT2D eigenvalue weighted by Gasteiger charge is -2.05. The third kappa shape index (κ3) is 2.90. The Balaban J connectivity index is 2.32. The summed E-state index contributed by atoms with van der Waals surface area (Å²) in [5.41, 5.74) is 0.557. The first-order valence-electron chi connectivity index (χ1n) is 5.13. The fourth-order valence-corrected chi connectivity index (χ4v) is 3.29. The average Bonchev–Trinajstić information content (AvgIpc) is 2.92. The SMILES string of the molecule is COCCn1ncc(Br)c1C(=O)c1ccc(Br)s1. The molecule has 0 saturated carbocycles. The maximum Gasteiger partial charge on any atom is 0.222 e. The van der Waals surface area contributed by atoms with E-state index in [1.54, 1.807) is 24.1 Å². The van der Waals surface area contributed by atoms with Gasteiger partial charge in [0.25, 0.3) is 0 Å². The summed E-state index contributed by atoms with van der Waals surface area (Å²) < 4.78 is 8.30. The van der Waals surface area contributed by atoms with E-state index in [1.165, 1.54) is 11.3 Å². The van der Waals surface area contributed by atoms with E-state index in [9.17, 15) is 4.79 Å². The number of hydrogen-bond donors (Lipinski definition) is 0. The van der Waals surface area contributed by atoms with E-state index in [1.807, 2.05) is 6.07 Å². The highest BCUT2D eigenvalue weighted by atomic mass is 79.9. The number of carbonyl (C=O) groups excluding carboxylic acids is 1. The van der Waals surface area contributed by atoms with Crippen molar-refractivity contribution in [3.63, 3.8) is 0 Å². The number of methoxy groups -OCH3 is 1. The third-order valence-corrected chi connectivity index (χ3v) is 4.52. The van der Waals surface area contributed by atoms with Crippen molar-refractivity contribution in [2.75, 3.05) is 13.7 Å². The third-order valence-electron chi connectivity index (χ3n) is 2.31. The molecule has 2 rings (SSSR count). The van der Waals surface area contributed by atoms with Gasteiger partial charge >= 0.3 is 0 Å². The van der Waals surface area contributed by atoms with Crippen LogP contribution < -0.4 is 0 Å². The molecule has 0 radical (unpaired) electrons. The van der Waals surface area contributed by atoms with Crippen molar-refractivity contribution in [3.05, 3.63) is 37.2 Å². The Morgan fingerprint density at radius 3 is 2.89 bits per heavy atom. The van der Waals surface area contributed by atoms with E-state index < -0.39 is 0 Å². The predicted octanol–water partition coefficient (Wildman–Crippen LogP) is 3.35. The second-order valence-electron chi connectivity index (χ2n) is 3.49. The van der Waals surface area contributed by atoms with E-state index in [0.29, 0.717) is 28.2 Å². The molecule has 2 heterocycles. The minimum Gasteiger partial charge on any atom is -0.383 e. The average molecular weight is 394 g/mol. The molecule has 2 aromatic rings. The quantitative estimate of drug-likeness (QED) is 0.731. The zero-order valence-electron chi connectivity index (χ0n) is 9.52. The van der Waals surface area contributed by atoms with Crippen LogP contribution in [0.15, 0.2) is 26.6 Å². The monoisotopic (exact) mass is 392 g/mol. The van der Waals surface area contributed by atoms with Crippen LogP contribution >= 0.6 is 43.2 Å². The number of carbonyl (C=O) groups is 1. The Morgan fingerprint density at radius 1 is 1.50 bits per heavy atom. The Bertz CT molecular complexity index is 565. The molecule has 4 nitrogen and oxygen atoms in total. The Morgan fingerprint density at radius 2 is 2.28 bits per heavy atom. The summed E-state index contributed by atoms with van der Waals surface area (Å²) in [5, 5.41) is 4.17. The van der Waals surface area contributed by atoms with Gasteiger partial charge in [-0.05, 0) is 44.0 Å². The number of halogens is 2. The fourth-order valence-electron chi connectivity index (χ4n) is 1.49. The van der Waals surface area contributed by atoms with Crippen LogP contribution in [0.3, 0.4) is 0 Å². The molecule has 0 aromatic carbocycles. The van der Waals surface area contributed by atoms with Crippen molar-refractivity contribution in [1.29, 1.82) is 0 Å². The van der Waals surface area contributed by atoms with E-state index >= 15 is 0 Å². The molecule has 0 amide bonds. The predicted molar refractivity (Wildman–Crippen MR) is 77.3 cm³/mol. The summed E-state index contributed by atoms with van der Waals surface area (Å²) in [4.78, 5) is 13.1. The van der Waals surface area contributed by atoms with Crippen molar-refractivity contribution in [3.8, 4) is 0 Å². The number of thiophene rings is 1. The highest BCUT2D eigenvalue weighted by molar-refractivity contribution is 9.11. The van der Waals surface area contributed by atoms with Crippen molar-refractivity contribution in [2.24, 2.45) is 0 Å². The lowest BCUT2D eigenvalue weighted by molar-refractivity contribution is 0.102. The van der Waals surface area contributed by atoms with Crippen molar-refractivity contribution < 1.29 is 9.53 Å². The molecule has 96 valence electrons. The van der Waals surface area contributed by atoms with Gasteiger partial charge in [0.05, 0.1) is 32.5 Å². The van der Waals surface area contributed by atoms with Crippen LogP contribution in [0.2, 0.25) is 0 Å². The van der Waals surface area contributed by atoms with Gasteiger partial charge in [-0.2, -0.15) is 5.10 Å². The minimum atomic E-state index is -0.0359. The number of ether oxygens (including phenoxy) is 1. The van der Waals surface area contributed by atoms with Gasteiger partial charge in [-0.1, -0.05) is 0 Å². The summed E-state index contributed by atoms with van der Waals surface area (Å²) in [6, 6.07) is 3.67. The number of aromatic nitrogens is 2. The molecule has 0 aliphatic rings. The van der Waals surface area contributed by atoms with Gasteiger partial charge in [-0.15, -0.1) is 11.3 Å². The lowest BCUT2D eigenvalue weighted by Crippen LogP contribution is -2.14. The fraction of sp³-hybridized carbons (Fsp3) is 0.273. The van der Waals surface area contributed by atoms with Gasteiger partial charge in [0.1, 0.15) is 5.69 Å². The van der Waals surface area contributed by atoms with Crippen LogP contribution in [0.1, 0.15) is 15.4 Å². The van der Waals surface area contributed by atoms with Crippen molar-refractivity contribution in [1.82, 2.24) is 9.78 Å². The van der Waals surface area contributed by atoms with Gasteiger partial charge < -0.3 is 4.74 Å². The van der Waals surface area contributed by atoms with Crippen LogP contribution in [-0.4, -0.2) is 29.3 Å². The summed E-state index contributed by atoms with van der Waals surface area (Å²) in [7, 11) is 1.62. The topological polar surface area (TPSA) is 44.1 Å². The molecular weight excluding hydrogens is 384 g/mol. The van der Waals surface area contributed by atoms with Crippen molar-refractivity contribution in [2.45, 2.75) is 6.54 Å². The summed E-state index contributed by atoms with van der Waals surface area (Å²) >= 11 is 8.13. The summed E-state index contributed by atoms with van der Waals surface area (Å²) in [6.07, 6.45) is 1.63. The van der Waals surface area contributed by atoms with Crippen molar-refractivity contribution >= 4 is 49.0 Å². The maximum atomic E-state index is 12.4. The molecule has 0 aliphatic carbocycles.